The van der Waals surface area contributed by atoms with Crippen molar-refractivity contribution in [2.75, 3.05) is 18.0 Å². The molecule has 0 unspecified atom stereocenters. The highest BCUT2D eigenvalue weighted by Crippen LogP contribution is 2.49. The van der Waals surface area contributed by atoms with Crippen LogP contribution in [0.25, 0.3) is 5.00 Å². The average Bonchev–Trinajstić information content (AvgIpc) is 4.10. The smallest absolute Gasteiger partial charge is 0.272 e. The molecule has 1 atom stereocenters. The molecule has 2 aromatic carbocycles. The molecule has 6 heterocycles. The summed E-state index contributed by atoms with van der Waals surface area (Å²) in [6.07, 6.45) is 12.8. The van der Waals surface area contributed by atoms with Crippen LogP contribution in [0.3, 0.4) is 0 Å². The predicted molar refractivity (Wildman–Crippen MR) is 241 cm³/mol. The molecule has 1 N–H and O–H groups in total. The summed E-state index contributed by atoms with van der Waals surface area (Å²) in [4.78, 5) is 26.6. The van der Waals surface area contributed by atoms with Crippen molar-refractivity contribution in [2.45, 2.75) is 109 Å². The molecular formula is C48H49ClN10O3S. The number of halogens is 1. The van der Waals surface area contributed by atoms with Gasteiger partial charge in [-0.05, 0) is 125 Å². The summed E-state index contributed by atoms with van der Waals surface area (Å²) >= 11 is 7.95. The van der Waals surface area contributed by atoms with E-state index in [1.54, 1.807) is 48.1 Å². The summed E-state index contributed by atoms with van der Waals surface area (Å²) in [7, 11) is 0. The van der Waals surface area contributed by atoms with Crippen molar-refractivity contribution in [3.8, 4) is 16.8 Å². The molecule has 4 aliphatic rings. The zero-order valence-corrected chi connectivity index (χ0v) is 37.3. The van der Waals surface area contributed by atoms with Crippen molar-refractivity contribution >= 4 is 40.4 Å². The van der Waals surface area contributed by atoms with Crippen molar-refractivity contribution in [1.82, 2.24) is 35.3 Å². The molecule has 1 amide bonds. The van der Waals surface area contributed by atoms with E-state index < -0.39 is 0 Å². The number of nitrogens with one attached hydrogen (secondary N) is 1. The molecule has 1 spiro atoms. The number of aromatic nitrogens is 6. The molecule has 3 fully saturated rings. The number of carbonyl (C=O) groups excluding carboxylic acids is 1. The van der Waals surface area contributed by atoms with Crippen LogP contribution in [0.2, 0.25) is 5.02 Å². The standard InChI is InChI=1S/C48H49ClN10O3S/c1-28-29(2)63-47-43(28)44(53-40(25-42-51-21-23-61-42)45-57-54-30(3)59(45)47)33-6-4-31(5-7-33)32-16-18-48(19-17-32)20-22-58(27-48)41-15-14-39(55-56-41)46(60)52-35-9-12-36(13-10-35)62-37-11-8-34(26-50)38(49)24-37/h4-8,11,14-15,21,23-24,32,35-36,40H,9-10,12-13,16-20,22,25,27H2,1-3H3,(H,52,60)/t32?,35?,36?,40-,48?/m0/s1. The Morgan fingerprint density at radius 3 is 2.51 bits per heavy atom. The van der Waals surface area contributed by atoms with Crippen molar-refractivity contribution in [2.24, 2.45) is 10.4 Å². The molecule has 1 saturated heterocycles. The Balaban J connectivity index is 0.745. The van der Waals surface area contributed by atoms with Crippen molar-refractivity contribution in [3.63, 3.8) is 0 Å². The number of thiophene rings is 1. The van der Waals surface area contributed by atoms with E-state index in [0.717, 1.165) is 97.3 Å². The van der Waals surface area contributed by atoms with Crippen molar-refractivity contribution < 1.29 is 13.9 Å². The van der Waals surface area contributed by atoms with E-state index in [-0.39, 0.29) is 29.5 Å². The van der Waals surface area contributed by atoms with Gasteiger partial charge in [0.05, 0.1) is 35.0 Å². The third-order valence-corrected chi connectivity index (χ3v) is 15.3. The number of aryl methyl sites for hydroxylation is 2. The molecule has 0 radical (unpaired) electrons. The Labute approximate surface area is 375 Å². The van der Waals surface area contributed by atoms with Crippen LogP contribution in [0.5, 0.6) is 5.75 Å². The summed E-state index contributed by atoms with van der Waals surface area (Å²) in [5.74, 6) is 4.07. The molecule has 6 aromatic rings. The fraction of sp³-hybridized carbons (Fsp3) is 0.417. The Morgan fingerprint density at radius 2 is 1.79 bits per heavy atom. The minimum absolute atomic E-state index is 0.0330. The molecule has 0 bridgehead atoms. The number of oxazole rings is 1. The van der Waals surface area contributed by atoms with Gasteiger partial charge in [0.15, 0.2) is 23.2 Å². The number of hydrogen-bond donors (Lipinski definition) is 1. The van der Waals surface area contributed by atoms with Gasteiger partial charge in [-0.3, -0.25) is 14.4 Å². The van der Waals surface area contributed by atoms with Crippen molar-refractivity contribution in [1.29, 1.82) is 5.26 Å². The topological polar surface area (TPSA) is 160 Å². The number of fused-ring (bicyclic) bond motifs is 3. The fourth-order valence-electron chi connectivity index (χ4n) is 10.1. The highest BCUT2D eigenvalue weighted by molar-refractivity contribution is 7.15. The first-order valence-corrected chi connectivity index (χ1v) is 23.2. The molecule has 4 aromatic heterocycles. The van der Waals surface area contributed by atoms with Gasteiger partial charge in [0.1, 0.15) is 34.9 Å². The molecule has 13 nitrogen and oxygen atoms in total. The highest BCUT2D eigenvalue weighted by atomic mass is 35.5. The summed E-state index contributed by atoms with van der Waals surface area (Å²) in [6.45, 7) is 8.27. The van der Waals surface area contributed by atoms with Gasteiger partial charge in [0.2, 0.25) is 0 Å². The predicted octanol–water partition coefficient (Wildman–Crippen LogP) is 9.37. The van der Waals surface area contributed by atoms with Gasteiger partial charge >= 0.3 is 0 Å². The number of hydrogen-bond acceptors (Lipinski definition) is 12. The largest absolute Gasteiger partial charge is 0.490 e. The van der Waals surface area contributed by atoms with Gasteiger partial charge in [-0.1, -0.05) is 35.9 Å². The second-order valence-electron chi connectivity index (χ2n) is 17.7. The minimum atomic E-state index is -0.297. The van der Waals surface area contributed by atoms with Crippen molar-refractivity contribution in [3.05, 3.63) is 128 Å². The lowest BCUT2D eigenvalue weighted by molar-refractivity contribution is 0.0888. The van der Waals surface area contributed by atoms with Crippen LogP contribution in [-0.2, 0) is 6.42 Å². The summed E-state index contributed by atoms with van der Waals surface area (Å²) < 4.78 is 14.0. The van der Waals surface area contributed by atoms with E-state index >= 15 is 0 Å². The monoisotopic (exact) mass is 880 g/mol. The zero-order chi connectivity index (χ0) is 43.2. The number of rotatable bonds is 9. The van der Waals surface area contributed by atoms with Gasteiger partial charge in [-0.15, -0.1) is 31.7 Å². The lowest BCUT2D eigenvalue weighted by atomic mass is 9.68. The van der Waals surface area contributed by atoms with Crippen LogP contribution in [0.15, 0.2) is 76.5 Å². The van der Waals surface area contributed by atoms with E-state index in [4.69, 9.17) is 31.0 Å². The molecule has 10 rings (SSSR count). The lowest BCUT2D eigenvalue weighted by Gasteiger charge is -2.37. The second-order valence-corrected chi connectivity index (χ2v) is 19.3. The van der Waals surface area contributed by atoms with E-state index in [1.165, 1.54) is 28.8 Å². The first-order chi connectivity index (χ1) is 30.6. The molecule has 2 aliphatic carbocycles. The molecule has 2 aliphatic heterocycles. The Bertz CT molecular complexity index is 2710. The number of anilines is 1. The van der Waals surface area contributed by atoms with Gasteiger partial charge in [0.25, 0.3) is 5.91 Å². The second kappa shape index (κ2) is 17.0. The number of carbonyl (C=O) groups is 1. The third kappa shape index (κ3) is 8.13. The number of nitrogens with zero attached hydrogens (tertiary/aromatic N) is 9. The molecular weight excluding hydrogens is 832 g/mol. The number of amides is 1. The zero-order valence-electron chi connectivity index (χ0n) is 35.7. The van der Waals surface area contributed by atoms with Crippen LogP contribution in [0.4, 0.5) is 5.82 Å². The summed E-state index contributed by atoms with van der Waals surface area (Å²) in [5.41, 5.74) is 6.86. The van der Waals surface area contributed by atoms with Crippen LogP contribution in [0.1, 0.15) is 130 Å². The van der Waals surface area contributed by atoms with Crippen LogP contribution in [0, 0.1) is 37.5 Å². The lowest BCUT2D eigenvalue weighted by Crippen LogP contribution is -2.40. The normalized spacial score (nSPS) is 23.1. The maximum atomic E-state index is 13.2. The van der Waals surface area contributed by atoms with E-state index in [1.807, 2.05) is 13.0 Å². The first kappa shape index (κ1) is 41.1. The highest BCUT2D eigenvalue weighted by Gasteiger charge is 2.42. The minimum Gasteiger partial charge on any atom is -0.490 e. The van der Waals surface area contributed by atoms with E-state index in [0.29, 0.717) is 40.3 Å². The summed E-state index contributed by atoms with van der Waals surface area (Å²) in [6, 6.07) is 19.9. The fourth-order valence-corrected chi connectivity index (χ4v) is 11.5. The Kier molecular flexibility index (Phi) is 11.1. The average molecular weight is 882 g/mol. The van der Waals surface area contributed by atoms with Gasteiger partial charge in [-0.25, -0.2) is 4.98 Å². The summed E-state index contributed by atoms with van der Waals surface area (Å²) in [5, 5.41) is 31.8. The number of ether oxygens (including phenoxy) is 1. The molecule has 2 saturated carbocycles. The quantitative estimate of drug-likeness (QED) is 0.148. The van der Waals surface area contributed by atoms with Crippen LogP contribution >= 0.6 is 22.9 Å². The maximum absolute atomic E-state index is 13.2. The van der Waals surface area contributed by atoms with Gasteiger partial charge in [0, 0.05) is 41.2 Å². The molecule has 322 valence electrons. The SMILES string of the molecule is Cc1sc2c(c1C)C(c1ccc(C3CCC4(CC3)CCN(c3ccc(C(=O)NC5CCC(Oc6ccc(C#N)c(Cl)c6)CC5)nn3)C4)cc1)=N[C@@H](Cc1ncco1)c1nnc(C)n1-2. The van der Waals surface area contributed by atoms with Crippen LogP contribution < -0.4 is 15.0 Å². The number of nitriles is 1. The van der Waals surface area contributed by atoms with Gasteiger partial charge in [-0.2, -0.15) is 5.26 Å². The number of benzene rings is 2. The van der Waals surface area contributed by atoms with E-state index in [2.05, 4.69) is 84.3 Å². The van der Waals surface area contributed by atoms with Crippen LogP contribution in [-0.4, -0.2) is 66.8 Å². The van der Waals surface area contributed by atoms with Gasteiger partial charge < -0.3 is 19.4 Å². The first-order valence-electron chi connectivity index (χ1n) is 22.0. The number of aliphatic imine (C=N–C) groups is 1. The maximum Gasteiger partial charge on any atom is 0.272 e. The molecule has 15 heteroatoms. The Hall–Kier alpha value is -5.91. The molecule has 63 heavy (non-hydrogen) atoms. The van der Waals surface area contributed by atoms with E-state index in [9.17, 15) is 4.79 Å². The third-order valence-electron chi connectivity index (χ3n) is 13.8. The Morgan fingerprint density at radius 1 is 0.984 bits per heavy atom.